The van der Waals surface area contributed by atoms with Gasteiger partial charge in [-0.25, -0.2) is 9.97 Å². The van der Waals surface area contributed by atoms with Crippen LogP contribution >= 0.6 is 35.6 Å². The smallest absolute Gasteiger partial charge is 0.267 e. The highest BCUT2D eigenvalue weighted by atomic mass is 35.5. The Hall–Kier alpha value is -4.43. The monoisotopic (exact) mass is 602 g/mol. The summed E-state index contributed by atoms with van der Waals surface area (Å²) in [6.07, 6.45) is 3.40. The Morgan fingerprint density at radius 2 is 1.51 bits per heavy atom. The van der Waals surface area contributed by atoms with Crippen molar-refractivity contribution in [3.63, 3.8) is 0 Å². The molecule has 3 heterocycles. The van der Waals surface area contributed by atoms with E-state index in [0.29, 0.717) is 16.1 Å². The molecular weight excluding hydrogens is 576 g/mol. The van der Waals surface area contributed by atoms with Gasteiger partial charge in [0, 0.05) is 29.2 Å². The maximum atomic E-state index is 12.3. The molecule has 41 heavy (non-hydrogen) atoms. The normalized spacial score (nSPS) is 9.83. The van der Waals surface area contributed by atoms with E-state index in [-0.39, 0.29) is 22.7 Å². The lowest BCUT2D eigenvalue weighted by molar-refractivity contribution is -0.113. The third-order valence-corrected chi connectivity index (χ3v) is 6.97. The summed E-state index contributed by atoms with van der Waals surface area (Å²) in [7, 11) is 0. The molecule has 0 bridgehead atoms. The minimum absolute atomic E-state index is 0.0838. The molecule has 208 valence electrons. The molecule has 5 aromatic rings. The van der Waals surface area contributed by atoms with Crippen molar-refractivity contribution in [3.05, 3.63) is 112 Å². The van der Waals surface area contributed by atoms with E-state index in [1.54, 1.807) is 18.5 Å². The fourth-order valence-corrected chi connectivity index (χ4v) is 4.50. The maximum absolute atomic E-state index is 12.3. The highest BCUT2D eigenvalue weighted by Gasteiger charge is 2.17. The summed E-state index contributed by atoms with van der Waals surface area (Å²) in [6.45, 7) is 3.82. The van der Waals surface area contributed by atoms with Crippen molar-refractivity contribution in [3.8, 4) is 6.07 Å². The van der Waals surface area contributed by atoms with E-state index in [1.165, 1.54) is 11.3 Å². The van der Waals surface area contributed by atoms with Crippen molar-refractivity contribution in [1.29, 1.82) is 5.26 Å². The summed E-state index contributed by atoms with van der Waals surface area (Å²) in [6, 6.07) is 24.2. The summed E-state index contributed by atoms with van der Waals surface area (Å²) in [5.74, 6) is -0.0663. The van der Waals surface area contributed by atoms with Gasteiger partial charge in [0.15, 0.2) is 0 Å². The number of carbonyl (C=O) groups is 2. The first kappa shape index (κ1) is 31.1. The third-order valence-electron chi connectivity index (χ3n) is 5.26. The van der Waals surface area contributed by atoms with E-state index in [0.717, 1.165) is 32.7 Å². The quantitative estimate of drug-likeness (QED) is 0.130. The van der Waals surface area contributed by atoms with Gasteiger partial charge in [0.2, 0.25) is 5.91 Å². The van der Waals surface area contributed by atoms with Gasteiger partial charge in [-0.1, -0.05) is 48.0 Å². The number of thiophene rings is 1. The Labute approximate surface area is 252 Å². The molecule has 4 N–H and O–H groups in total. The first-order chi connectivity index (χ1) is 19.7. The number of nitrogens with one attached hydrogen (secondary N) is 2. The summed E-state index contributed by atoms with van der Waals surface area (Å²) in [4.78, 5) is 32.5. The van der Waals surface area contributed by atoms with Crippen LogP contribution in [-0.4, -0.2) is 27.5 Å². The summed E-state index contributed by atoms with van der Waals surface area (Å²) in [5.41, 5.74) is 10.5. The van der Waals surface area contributed by atoms with Crippen LogP contribution in [-0.2, 0) is 4.79 Å². The number of carbonyl (C=O) groups excluding carboxylic acids is 2. The van der Waals surface area contributed by atoms with Gasteiger partial charge in [0.1, 0.15) is 20.9 Å². The van der Waals surface area contributed by atoms with Crippen molar-refractivity contribution < 1.29 is 9.59 Å². The van der Waals surface area contributed by atoms with Crippen molar-refractivity contribution in [1.82, 2.24) is 9.97 Å². The van der Waals surface area contributed by atoms with Gasteiger partial charge >= 0.3 is 0 Å². The molecule has 0 saturated carbocycles. The van der Waals surface area contributed by atoms with Gasteiger partial charge in [-0.15, -0.1) is 11.3 Å². The molecule has 5 rings (SSSR count). The van der Waals surface area contributed by atoms with E-state index in [9.17, 15) is 9.59 Å². The fourth-order valence-electron chi connectivity index (χ4n) is 3.34. The molecule has 0 aliphatic rings. The van der Waals surface area contributed by atoms with Crippen LogP contribution in [0.3, 0.4) is 0 Å². The Balaban J connectivity index is 0.000000187. The number of nitrogens with two attached hydrogens (primary N) is 1. The average Bonchev–Trinajstić information content (AvgIpc) is 3.31. The number of aromatic nitrogens is 2. The topological polar surface area (TPSA) is 134 Å². The second kappa shape index (κ2) is 15.4. The summed E-state index contributed by atoms with van der Waals surface area (Å²) in [5, 5.41) is 15.1. The number of hydrogen-bond donors (Lipinski definition) is 4. The van der Waals surface area contributed by atoms with Crippen molar-refractivity contribution in [2.45, 2.75) is 13.8 Å². The number of nitrogen functional groups attached to an aromatic ring is 1. The number of para-hydroxylation sites is 2. The minimum atomic E-state index is -0.200. The van der Waals surface area contributed by atoms with E-state index >= 15 is 0 Å². The SMILES string of the molecule is Cc1cnc(Cl)c(C#N)c1.Cc1cnc2sc(C(=O)Nc3ccccc3)c(N)c2c1.O=C(CS)Nc1ccccc1. The molecule has 0 unspecified atom stereocenters. The molecule has 8 nitrogen and oxygen atoms in total. The highest BCUT2D eigenvalue weighted by Crippen LogP contribution is 2.33. The number of hydrogen-bond acceptors (Lipinski definition) is 8. The third kappa shape index (κ3) is 9.32. The van der Waals surface area contributed by atoms with Crippen LogP contribution in [0.5, 0.6) is 0 Å². The van der Waals surface area contributed by atoms with E-state index in [2.05, 4.69) is 33.2 Å². The number of amides is 2. The van der Waals surface area contributed by atoms with Crippen LogP contribution in [0.15, 0.2) is 85.2 Å². The van der Waals surface area contributed by atoms with Crippen LogP contribution in [0.1, 0.15) is 26.4 Å². The zero-order valence-electron chi connectivity index (χ0n) is 22.3. The van der Waals surface area contributed by atoms with Crippen LogP contribution in [0, 0.1) is 25.2 Å². The number of fused-ring (bicyclic) bond motifs is 1. The number of thiol groups is 1. The van der Waals surface area contributed by atoms with Crippen molar-refractivity contribution in [2.75, 3.05) is 22.1 Å². The van der Waals surface area contributed by atoms with E-state index < -0.39 is 0 Å². The highest BCUT2D eigenvalue weighted by molar-refractivity contribution is 7.81. The number of aryl methyl sites for hydroxylation is 2. The predicted octanol–water partition coefficient (Wildman–Crippen LogP) is 6.91. The van der Waals surface area contributed by atoms with Gasteiger partial charge in [0.25, 0.3) is 5.91 Å². The van der Waals surface area contributed by atoms with Gasteiger partial charge in [-0.2, -0.15) is 17.9 Å². The summed E-state index contributed by atoms with van der Waals surface area (Å²) < 4.78 is 0. The summed E-state index contributed by atoms with van der Waals surface area (Å²) >= 11 is 10.7. The molecular formula is C30H27ClN6O2S2. The Morgan fingerprint density at radius 3 is 2.07 bits per heavy atom. The Bertz CT molecular complexity index is 1670. The molecule has 11 heteroatoms. The molecule has 0 radical (unpaired) electrons. The second-order valence-electron chi connectivity index (χ2n) is 8.57. The lowest BCUT2D eigenvalue weighted by Crippen LogP contribution is -2.12. The lowest BCUT2D eigenvalue weighted by atomic mass is 10.2. The van der Waals surface area contributed by atoms with E-state index in [1.807, 2.05) is 86.6 Å². The van der Waals surface area contributed by atoms with E-state index in [4.69, 9.17) is 22.6 Å². The number of halogens is 1. The minimum Gasteiger partial charge on any atom is -0.397 e. The largest absolute Gasteiger partial charge is 0.397 e. The van der Waals surface area contributed by atoms with Crippen molar-refractivity contribution in [2.24, 2.45) is 0 Å². The van der Waals surface area contributed by atoms with Crippen LogP contribution < -0.4 is 16.4 Å². The standard InChI is InChI=1S/C15H13N3OS.C8H9NOS.C7H5ClN2/c1-9-7-11-12(16)13(20-15(11)17-8-9)14(19)18-10-5-3-2-4-6-10;10-8(6-11)9-7-4-2-1-3-5-7;1-5-2-6(3-9)7(8)10-4-5/h2-8H,16H2,1H3,(H,18,19);1-5,11H,6H2,(H,9,10);2,4H,1H3. The van der Waals surface area contributed by atoms with Crippen molar-refractivity contribution >= 4 is 74.7 Å². The number of pyridine rings is 2. The van der Waals surface area contributed by atoms with Gasteiger partial charge in [-0.05, 0) is 61.4 Å². The zero-order valence-corrected chi connectivity index (χ0v) is 24.7. The van der Waals surface area contributed by atoms with Gasteiger partial charge in [-0.3, -0.25) is 9.59 Å². The number of nitrogens with zero attached hydrogens (tertiary/aromatic N) is 3. The molecule has 0 aliphatic heterocycles. The fraction of sp³-hybridized carbons (Fsp3) is 0.100. The Kier molecular flexibility index (Phi) is 11.7. The number of nitriles is 1. The maximum Gasteiger partial charge on any atom is 0.267 e. The second-order valence-corrected chi connectivity index (χ2v) is 10.2. The lowest BCUT2D eigenvalue weighted by Gasteiger charge is -2.03. The molecule has 0 spiro atoms. The van der Waals surface area contributed by atoms with Gasteiger partial charge < -0.3 is 16.4 Å². The molecule has 0 atom stereocenters. The van der Waals surface area contributed by atoms with Gasteiger partial charge in [0.05, 0.1) is 17.0 Å². The van der Waals surface area contributed by atoms with Crippen LogP contribution in [0.25, 0.3) is 10.2 Å². The molecule has 2 aromatic carbocycles. The first-order valence-corrected chi connectivity index (χ1v) is 14.0. The first-order valence-electron chi connectivity index (χ1n) is 12.2. The number of anilines is 3. The van der Waals surface area contributed by atoms with Crippen LogP contribution in [0.4, 0.5) is 17.1 Å². The molecule has 0 fully saturated rings. The number of benzene rings is 2. The van der Waals surface area contributed by atoms with Crippen LogP contribution in [0.2, 0.25) is 5.15 Å². The molecule has 2 amide bonds. The predicted molar refractivity (Wildman–Crippen MR) is 171 cm³/mol. The average molecular weight is 603 g/mol. The number of rotatable bonds is 4. The molecule has 0 aliphatic carbocycles. The Morgan fingerprint density at radius 1 is 0.951 bits per heavy atom. The zero-order chi connectivity index (χ0) is 29.8. The molecule has 3 aromatic heterocycles. The molecule has 0 saturated heterocycles.